The van der Waals surface area contributed by atoms with Crippen molar-refractivity contribution < 1.29 is 14.3 Å². The predicted octanol–water partition coefficient (Wildman–Crippen LogP) is -0.0343. The van der Waals surface area contributed by atoms with Crippen LogP contribution < -0.4 is 11.1 Å². The number of hydrogen-bond donors (Lipinski definition) is 2. The lowest BCUT2D eigenvalue weighted by Gasteiger charge is -2.21. The van der Waals surface area contributed by atoms with E-state index < -0.39 is 0 Å². The highest BCUT2D eigenvalue weighted by molar-refractivity contribution is 5.81. The van der Waals surface area contributed by atoms with Gasteiger partial charge in [0.1, 0.15) is 6.10 Å². The van der Waals surface area contributed by atoms with E-state index in [0.29, 0.717) is 19.7 Å². The van der Waals surface area contributed by atoms with Crippen LogP contribution in [0.5, 0.6) is 0 Å². The zero-order valence-corrected chi connectivity index (χ0v) is 12.9. The first-order valence-electron chi connectivity index (χ1n) is 7.46. The topological polar surface area (TPSA) is 76.8 Å². The van der Waals surface area contributed by atoms with Crippen molar-refractivity contribution in [2.75, 3.05) is 40.3 Å². The number of nitrogens with one attached hydrogen (secondary N) is 1. The maximum atomic E-state index is 12.0. The van der Waals surface area contributed by atoms with E-state index >= 15 is 0 Å². The van der Waals surface area contributed by atoms with Gasteiger partial charge < -0.3 is 25.4 Å². The highest BCUT2D eigenvalue weighted by Gasteiger charge is 2.29. The molecule has 1 amide bonds. The lowest BCUT2D eigenvalue weighted by molar-refractivity contribution is -0.132. The third-order valence-corrected chi connectivity index (χ3v) is 3.47. The molecule has 1 fully saturated rings. The van der Waals surface area contributed by atoms with E-state index in [1.165, 1.54) is 0 Å². The van der Waals surface area contributed by atoms with Crippen LogP contribution in [0, 0.1) is 0 Å². The lowest BCUT2D eigenvalue weighted by Crippen LogP contribution is -2.41. The van der Waals surface area contributed by atoms with Crippen LogP contribution >= 0.6 is 0 Å². The Kier molecular flexibility index (Phi) is 8.06. The molecule has 0 aromatic carbocycles. The van der Waals surface area contributed by atoms with Crippen LogP contribution in [-0.4, -0.2) is 69.5 Å². The number of nitrogens with zero attached hydrogens (tertiary/aromatic N) is 1. The van der Waals surface area contributed by atoms with Gasteiger partial charge in [0, 0.05) is 26.2 Å². The van der Waals surface area contributed by atoms with E-state index in [0.717, 1.165) is 25.8 Å². The van der Waals surface area contributed by atoms with Gasteiger partial charge in [-0.1, -0.05) is 0 Å². The molecule has 0 aliphatic carbocycles. The minimum atomic E-state index is -0.348. The summed E-state index contributed by atoms with van der Waals surface area (Å²) >= 11 is 0. The van der Waals surface area contributed by atoms with Crippen molar-refractivity contribution >= 4 is 5.91 Å². The summed E-state index contributed by atoms with van der Waals surface area (Å²) in [5.41, 5.74) is 5.54. The molecule has 0 bridgehead atoms. The summed E-state index contributed by atoms with van der Waals surface area (Å²) in [5, 5.41) is 2.93. The summed E-state index contributed by atoms with van der Waals surface area (Å²) in [7, 11) is 4.06. The molecule has 3 atom stereocenters. The summed E-state index contributed by atoms with van der Waals surface area (Å²) in [6.45, 7) is 4.58. The molecule has 3 N–H and O–H groups in total. The first kappa shape index (κ1) is 17.4. The molecular weight excluding hydrogens is 258 g/mol. The Balaban J connectivity index is 2.29. The molecule has 6 nitrogen and oxygen atoms in total. The lowest BCUT2D eigenvalue weighted by atomic mass is 10.2. The van der Waals surface area contributed by atoms with Crippen LogP contribution in [0.25, 0.3) is 0 Å². The summed E-state index contributed by atoms with van der Waals surface area (Å²) < 4.78 is 11.2. The maximum Gasteiger partial charge on any atom is 0.249 e. The van der Waals surface area contributed by atoms with Gasteiger partial charge in [0.05, 0.1) is 12.2 Å². The van der Waals surface area contributed by atoms with Gasteiger partial charge in [-0.2, -0.15) is 0 Å². The molecule has 0 spiro atoms. The second-order valence-electron chi connectivity index (χ2n) is 5.47. The molecule has 1 heterocycles. The van der Waals surface area contributed by atoms with Crippen molar-refractivity contribution in [3.8, 4) is 0 Å². The first-order chi connectivity index (χ1) is 9.56. The van der Waals surface area contributed by atoms with E-state index in [1.54, 1.807) is 0 Å². The Morgan fingerprint density at radius 2 is 2.25 bits per heavy atom. The van der Waals surface area contributed by atoms with Crippen LogP contribution in [0.1, 0.15) is 26.2 Å². The van der Waals surface area contributed by atoms with E-state index in [4.69, 9.17) is 15.2 Å². The van der Waals surface area contributed by atoms with Crippen molar-refractivity contribution in [2.24, 2.45) is 5.73 Å². The standard InChI is InChI=1S/C14H29N3O3/c1-4-19-12(7-8-17(2)3)10-16-14(18)13-6-5-11(9-15)20-13/h11-13H,4-10,15H2,1-3H3,(H,16,18)/t11-,12?,13+/m1/s1. The van der Waals surface area contributed by atoms with E-state index in [-0.39, 0.29) is 24.2 Å². The normalized spacial score (nSPS) is 24.1. The van der Waals surface area contributed by atoms with Crippen molar-refractivity contribution in [2.45, 2.75) is 44.5 Å². The van der Waals surface area contributed by atoms with Gasteiger partial charge in [-0.15, -0.1) is 0 Å². The molecule has 0 radical (unpaired) electrons. The number of carbonyl (C=O) groups excluding carboxylic acids is 1. The van der Waals surface area contributed by atoms with Gasteiger partial charge in [-0.25, -0.2) is 0 Å². The molecule has 0 saturated carbocycles. The van der Waals surface area contributed by atoms with Gasteiger partial charge in [-0.3, -0.25) is 4.79 Å². The van der Waals surface area contributed by atoms with Crippen molar-refractivity contribution in [1.29, 1.82) is 0 Å². The second-order valence-corrected chi connectivity index (χ2v) is 5.47. The first-order valence-corrected chi connectivity index (χ1v) is 7.46. The highest BCUT2D eigenvalue weighted by atomic mass is 16.5. The fourth-order valence-electron chi connectivity index (χ4n) is 2.28. The van der Waals surface area contributed by atoms with Gasteiger partial charge in [0.2, 0.25) is 5.91 Å². The number of ether oxygens (including phenoxy) is 2. The molecule has 1 saturated heterocycles. The number of carbonyl (C=O) groups is 1. The van der Waals surface area contributed by atoms with E-state index in [9.17, 15) is 4.79 Å². The van der Waals surface area contributed by atoms with Gasteiger partial charge >= 0.3 is 0 Å². The SMILES string of the molecule is CCOC(CCN(C)C)CNC(=O)[C@@H]1CC[C@H](CN)O1. The summed E-state index contributed by atoms with van der Waals surface area (Å²) in [6, 6.07) is 0. The molecule has 1 rings (SSSR count). The van der Waals surface area contributed by atoms with E-state index in [1.807, 2.05) is 21.0 Å². The zero-order valence-electron chi connectivity index (χ0n) is 12.9. The van der Waals surface area contributed by atoms with E-state index in [2.05, 4.69) is 10.2 Å². The summed E-state index contributed by atoms with van der Waals surface area (Å²) in [5.74, 6) is -0.0458. The molecule has 1 unspecified atom stereocenters. The zero-order chi connectivity index (χ0) is 15.0. The van der Waals surface area contributed by atoms with Crippen LogP contribution in [0.15, 0.2) is 0 Å². The molecule has 1 aliphatic heterocycles. The molecule has 0 aromatic rings. The van der Waals surface area contributed by atoms with Crippen molar-refractivity contribution in [1.82, 2.24) is 10.2 Å². The molecule has 0 aromatic heterocycles. The Bertz CT molecular complexity index is 287. The fourth-order valence-corrected chi connectivity index (χ4v) is 2.28. The monoisotopic (exact) mass is 287 g/mol. The van der Waals surface area contributed by atoms with Crippen LogP contribution in [0.3, 0.4) is 0 Å². The van der Waals surface area contributed by atoms with Crippen LogP contribution in [0.4, 0.5) is 0 Å². The highest BCUT2D eigenvalue weighted by Crippen LogP contribution is 2.18. The number of hydrogen-bond acceptors (Lipinski definition) is 5. The largest absolute Gasteiger partial charge is 0.377 e. The maximum absolute atomic E-state index is 12.0. The third-order valence-electron chi connectivity index (χ3n) is 3.47. The average Bonchev–Trinajstić information content (AvgIpc) is 2.90. The molecular formula is C14H29N3O3. The minimum Gasteiger partial charge on any atom is -0.377 e. The Morgan fingerprint density at radius 3 is 2.80 bits per heavy atom. The van der Waals surface area contributed by atoms with Gasteiger partial charge in [-0.05, 0) is 40.3 Å². The second kappa shape index (κ2) is 9.28. The van der Waals surface area contributed by atoms with Crippen LogP contribution in [-0.2, 0) is 14.3 Å². The number of amides is 1. The third kappa shape index (κ3) is 6.17. The predicted molar refractivity (Wildman–Crippen MR) is 78.5 cm³/mol. The summed E-state index contributed by atoms with van der Waals surface area (Å²) in [4.78, 5) is 14.1. The van der Waals surface area contributed by atoms with Gasteiger partial charge in [0.15, 0.2) is 0 Å². The quantitative estimate of drug-likeness (QED) is 0.622. The molecule has 118 valence electrons. The Labute approximate surface area is 122 Å². The molecule has 1 aliphatic rings. The Morgan fingerprint density at radius 1 is 1.50 bits per heavy atom. The average molecular weight is 287 g/mol. The number of nitrogens with two attached hydrogens (primary N) is 1. The van der Waals surface area contributed by atoms with Gasteiger partial charge in [0.25, 0.3) is 0 Å². The number of rotatable bonds is 9. The molecule has 20 heavy (non-hydrogen) atoms. The van der Waals surface area contributed by atoms with Crippen molar-refractivity contribution in [3.63, 3.8) is 0 Å². The minimum absolute atomic E-state index is 0.0298. The smallest absolute Gasteiger partial charge is 0.249 e. The van der Waals surface area contributed by atoms with Crippen LogP contribution in [0.2, 0.25) is 0 Å². The summed E-state index contributed by atoms with van der Waals surface area (Å²) in [6.07, 6.45) is 2.26. The van der Waals surface area contributed by atoms with Crippen molar-refractivity contribution in [3.05, 3.63) is 0 Å². The Hall–Kier alpha value is -0.690. The fraction of sp³-hybridized carbons (Fsp3) is 0.929. The molecule has 6 heteroatoms.